The molecule has 2 atom stereocenters. The van der Waals surface area contributed by atoms with Gasteiger partial charge in [0.05, 0.1) is 10.6 Å². The minimum atomic E-state index is -1.01. The zero-order valence-corrected chi connectivity index (χ0v) is 11.3. The lowest BCUT2D eigenvalue weighted by atomic mass is 9.92. The number of hydrogen-bond donors (Lipinski definition) is 1. The summed E-state index contributed by atoms with van der Waals surface area (Å²) < 4.78 is 0. The van der Waals surface area contributed by atoms with Crippen molar-refractivity contribution >= 4 is 23.4 Å². The summed E-state index contributed by atoms with van der Waals surface area (Å²) in [7, 11) is 0. The average molecular weight is 269 g/mol. The van der Waals surface area contributed by atoms with E-state index in [1.807, 2.05) is 0 Å². The summed E-state index contributed by atoms with van der Waals surface area (Å²) in [6, 6.07) is 1.56. The molecule has 1 aromatic heterocycles. The predicted molar refractivity (Wildman–Crippen MR) is 71.4 cm³/mol. The Balaban J connectivity index is 2.28. The summed E-state index contributed by atoms with van der Waals surface area (Å²) in [5, 5.41) is 9.25. The lowest BCUT2D eigenvalue weighted by molar-refractivity contribution is 0.0697. The normalized spacial score (nSPS) is 24.1. The second kappa shape index (κ2) is 5.14. The van der Waals surface area contributed by atoms with Crippen LogP contribution in [0.3, 0.4) is 0 Å². The molecule has 18 heavy (non-hydrogen) atoms. The van der Waals surface area contributed by atoms with Crippen LogP contribution in [0, 0.1) is 11.8 Å². The van der Waals surface area contributed by atoms with Gasteiger partial charge in [-0.25, -0.2) is 9.78 Å². The van der Waals surface area contributed by atoms with Crippen LogP contribution in [0.1, 0.15) is 30.6 Å². The largest absolute Gasteiger partial charge is 0.478 e. The van der Waals surface area contributed by atoms with Crippen LogP contribution < -0.4 is 4.90 Å². The van der Waals surface area contributed by atoms with E-state index in [9.17, 15) is 4.79 Å². The molecule has 0 amide bonds. The van der Waals surface area contributed by atoms with E-state index < -0.39 is 5.97 Å². The first-order valence-electron chi connectivity index (χ1n) is 6.11. The molecule has 0 bridgehead atoms. The third kappa shape index (κ3) is 2.75. The van der Waals surface area contributed by atoms with Gasteiger partial charge in [0.2, 0.25) is 0 Å². The maximum atomic E-state index is 11.1. The number of carboxylic acids is 1. The van der Waals surface area contributed by atoms with Crippen LogP contribution in [0.5, 0.6) is 0 Å². The molecule has 1 saturated heterocycles. The van der Waals surface area contributed by atoms with E-state index in [2.05, 4.69) is 23.7 Å². The molecule has 0 radical (unpaired) electrons. The summed E-state index contributed by atoms with van der Waals surface area (Å²) in [6.45, 7) is 6.24. The minimum absolute atomic E-state index is 0.118. The summed E-state index contributed by atoms with van der Waals surface area (Å²) in [5.41, 5.74) is 0.118. The standard InChI is InChI=1S/C13H17ClN2O2/c1-8-3-9(2)7-16(6-8)12-4-10(13(17)18)11(14)5-15-12/h4-5,8-9H,3,6-7H2,1-2H3,(H,17,18). The Morgan fingerprint density at radius 3 is 2.61 bits per heavy atom. The highest BCUT2D eigenvalue weighted by Gasteiger charge is 2.23. The Hall–Kier alpha value is -1.29. The Morgan fingerprint density at radius 2 is 2.06 bits per heavy atom. The number of hydrogen-bond acceptors (Lipinski definition) is 3. The number of carbonyl (C=O) groups is 1. The maximum Gasteiger partial charge on any atom is 0.337 e. The molecule has 2 heterocycles. The van der Waals surface area contributed by atoms with E-state index in [4.69, 9.17) is 16.7 Å². The number of anilines is 1. The first kappa shape index (κ1) is 13.1. The van der Waals surface area contributed by atoms with Crippen molar-refractivity contribution in [3.63, 3.8) is 0 Å². The number of piperidine rings is 1. The lowest BCUT2D eigenvalue weighted by Crippen LogP contribution is -2.39. The molecule has 2 unspecified atom stereocenters. The molecule has 1 aliphatic heterocycles. The van der Waals surface area contributed by atoms with Crippen LogP contribution in [0.2, 0.25) is 5.02 Å². The molecule has 0 saturated carbocycles. The Kier molecular flexibility index (Phi) is 3.76. The second-order valence-electron chi connectivity index (χ2n) is 5.18. The first-order valence-corrected chi connectivity index (χ1v) is 6.49. The molecule has 5 heteroatoms. The number of pyridine rings is 1. The highest BCUT2D eigenvalue weighted by Crippen LogP contribution is 2.27. The Labute approximate surface area is 112 Å². The van der Waals surface area contributed by atoms with Gasteiger partial charge < -0.3 is 10.0 Å². The summed E-state index contributed by atoms with van der Waals surface area (Å²) >= 11 is 5.83. The maximum absolute atomic E-state index is 11.1. The second-order valence-corrected chi connectivity index (χ2v) is 5.59. The third-order valence-electron chi connectivity index (χ3n) is 3.26. The number of halogens is 1. The van der Waals surface area contributed by atoms with Crippen molar-refractivity contribution in [2.75, 3.05) is 18.0 Å². The number of aromatic nitrogens is 1. The van der Waals surface area contributed by atoms with Crippen LogP contribution in [-0.2, 0) is 0 Å². The van der Waals surface area contributed by atoms with Gasteiger partial charge in [0.1, 0.15) is 5.82 Å². The van der Waals surface area contributed by atoms with Crippen LogP contribution >= 0.6 is 11.6 Å². The van der Waals surface area contributed by atoms with E-state index >= 15 is 0 Å². The SMILES string of the molecule is CC1CC(C)CN(c2cc(C(=O)O)c(Cl)cn2)C1. The molecular weight excluding hydrogens is 252 g/mol. The minimum Gasteiger partial charge on any atom is -0.478 e. The van der Waals surface area contributed by atoms with Crippen molar-refractivity contribution in [1.82, 2.24) is 4.98 Å². The fraction of sp³-hybridized carbons (Fsp3) is 0.538. The molecule has 1 fully saturated rings. The average Bonchev–Trinajstić information content (AvgIpc) is 2.27. The van der Waals surface area contributed by atoms with Crippen LogP contribution in [0.15, 0.2) is 12.3 Å². The van der Waals surface area contributed by atoms with Crippen molar-refractivity contribution in [2.45, 2.75) is 20.3 Å². The third-order valence-corrected chi connectivity index (χ3v) is 3.57. The van der Waals surface area contributed by atoms with Gasteiger partial charge in [0.25, 0.3) is 0 Å². The van der Waals surface area contributed by atoms with Gasteiger partial charge in [-0.15, -0.1) is 0 Å². The number of aromatic carboxylic acids is 1. The molecule has 1 N–H and O–H groups in total. The molecule has 98 valence electrons. The molecule has 0 spiro atoms. The molecule has 0 aliphatic carbocycles. The number of carboxylic acid groups (broad SMARTS) is 1. The lowest BCUT2D eigenvalue weighted by Gasteiger charge is -2.35. The van der Waals surface area contributed by atoms with E-state index in [1.165, 1.54) is 12.6 Å². The fourth-order valence-electron chi connectivity index (χ4n) is 2.61. The van der Waals surface area contributed by atoms with Gasteiger partial charge in [0, 0.05) is 19.3 Å². The molecule has 2 rings (SSSR count). The molecular formula is C13H17ClN2O2. The Morgan fingerprint density at radius 1 is 1.44 bits per heavy atom. The zero-order valence-electron chi connectivity index (χ0n) is 10.6. The summed E-state index contributed by atoms with van der Waals surface area (Å²) in [4.78, 5) is 17.4. The van der Waals surface area contributed by atoms with Crippen LogP contribution in [0.4, 0.5) is 5.82 Å². The van der Waals surface area contributed by atoms with Gasteiger partial charge >= 0.3 is 5.97 Å². The van der Waals surface area contributed by atoms with Crippen molar-refractivity contribution < 1.29 is 9.90 Å². The highest BCUT2D eigenvalue weighted by atomic mass is 35.5. The quantitative estimate of drug-likeness (QED) is 0.896. The fourth-order valence-corrected chi connectivity index (χ4v) is 2.80. The topological polar surface area (TPSA) is 53.4 Å². The van der Waals surface area contributed by atoms with Gasteiger partial charge in [-0.2, -0.15) is 0 Å². The van der Waals surface area contributed by atoms with Gasteiger partial charge in [-0.1, -0.05) is 25.4 Å². The monoisotopic (exact) mass is 268 g/mol. The molecule has 4 nitrogen and oxygen atoms in total. The van der Waals surface area contributed by atoms with Crippen LogP contribution in [0.25, 0.3) is 0 Å². The molecule has 1 aliphatic rings. The number of nitrogens with zero attached hydrogens (tertiary/aromatic N) is 2. The van der Waals surface area contributed by atoms with Crippen LogP contribution in [-0.4, -0.2) is 29.1 Å². The van der Waals surface area contributed by atoms with Crippen molar-refractivity contribution in [3.05, 3.63) is 22.8 Å². The van der Waals surface area contributed by atoms with Gasteiger partial charge in [0.15, 0.2) is 0 Å². The predicted octanol–water partition coefficient (Wildman–Crippen LogP) is 2.92. The zero-order chi connectivity index (χ0) is 13.3. The molecule has 0 aromatic carbocycles. The van der Waals surface area contributed by atoms with E-state index in [0.29, 0.717) is 17.7 Å². The first-order chi connectivity index (χ1) is 8.47. The van der Waals surface area contributed by atoms with E-state index in [1.54, 1.807) is 6.07 Å². The van der Waals surface area contributed by atoms with Gasteiger partial charge in [-0.05, 0) is 24.3 Å². The van der Waals surface area contributed by atoms with Crippen molar-refractivity contribution in [2.24, 2.45) is 11.8 Å². The van der Waals surface area contributed by atoms with Gasteiger partial charge in [-0.3, -0.25) is 0 Å². The van der Waals surface area contributed by atoms with Crippen molar-refractivity contribution in [3.8, 4) is 0 Å². The highest BCUT2D eigenvalue weighted by molar-refractivity contribution is 6.33. The Bertz CT molecular complexity index is 454. The van der Waals surface area contributed by atoms with E-state index in [-0.39, 0.29) is 10.6 Å². The van der Waals surface area contributed by atoms with E-state index in [0.717, 1.165) is 13.1 Å². The van der Waals surface area contributed by atoms with Crippen molar-refractivity contribution in [1.29, 1.82) is 0 Å². The number of rotatable bonds is 2. The summed E-state index contributed by atoms with van der Waals surface area (Å²) in [5.74, 6) is 0.885. The molecule has 1 aromatic rings. The summed E-state index contributed by atoms with van der Waals surface area (Å²) in [6.07, 6.45) is 2.63. The smallest absolute Gasteiger partial charge is 0.337 e.